The minimum Gasteiger partial charge on any atom is -0.378 e. The lowest BCUT2D eigenvalue weighted by Gasteiger charge is -2.25. The van der Waals surface area contributed by atoms with E-state index in [1.807, 2.05) is 0 Å². The summed E-state index contributed by atoms with van der Waals surface area (Å²) in [7, 11) is 0. The third-order valence-corrected chi connectivity index (χ3v) is 2.82. The van der Waals surface area contributed by atoms with E-state index in [1.54, 1.807) is 13.8 Å². The molecule has 98 valence electrons. The van der Waals surface area contributed by atoms with E-state index >= 15 is 0 Å². The molecule has 4 N–H and O–H groups in total. The fourth-order valence-electron chi connectivity index (χ4n) is 1.45. The maximum atomic E-state index is 11.6. The Morgan fingerprint density at radius 2 is 2.24 bits per heavy atom. The average molecular weight is 243 g/mol. The number of rotatable bonds is 5. The van der Waals surface area contributed by atoms with Gasteiger partial charge in [-0.1, -0.05) is 0 Å². The minimum absolute atomic E-state index is 0.0560. The summed E-state index contributed by atoms with van der Waals surface area (Å²) in [5.41, 5.74) is 4.50. The van der Waals surface area contributed by atoms with Crippen LogP contribution in [0.15, 0.2) is 0 Å². The van der Waals surface area contributed by atoms with Gasteiger partial charge in [0.05, 0.1) is 18.6 Å². The van der Waals surface area contributed by atoms with Crippen molar-refractivity contribution in [3.63, 3.8) is 0 Å². The molecule has 2 amide bonds. The molecule has 0 aromatic carbocycles. The van der Waals surface area contributed by atoms with Gasteiger partial charge in [-0.05, 0) is 13.8 Å². The first-order chi connectivity index (χ1) is 7.92. The molecule has 1 heterocycles. The summed E-state index contributed by atoms with van der Waals surface area (Å²) in [6, 6.07) is 0.0560. The summed E-state index contributed by atoms with van der Waals surface area (Å²) in [6.45, 7) is 5.67. The minimum atomic E-state index is -0.716. The van der Waals surface area contributed by atoms with E-state index in [-0.39, 0.29) is 18.5 Å². The Hall–Kier alpha value is -1.14. The topological polar surface area (TPSA) is 93.4 Å². The number of nitrogens with one attached hydrogen (secondary N) is 2. The largest absolute Gasteiger partial charge is 0.378 e. The first kappa shape index (κ1) is 13.9. The molecule has 6 heteroatoms. The van der Waals surface area contributed by atoms with Crippen molar-refractivity contribution in [2.45, 2.75) is 26.3 Å². The molecule has 0 aromatic rings. The van der Waals surface area contributed by atoms with Crippen molar-refractivity contribution in [1.29, 1.82) is 0 Å². The van der Waals surface area contributed by atoms with Crippen LogP contribution in [0.3, 0.4) is 0 Å². The van der Waals surface area contributed by atoms with Crippen LogP contribution >= 0.6 is 0 Å². The standard InChI is InChI=1S/C11H21N3O3/c1-11(2,10(12)16)7-14-9(15)5-8-6-17-4-3-13-8/h8,13H,3-7H2,1-2H3,(H2,12,16)(H,14,15). The van der Waals surface area contributed by atoms with Crippen molar-refractivity contribution in [1.82, 2.24) is 10.6 Å². The summed E-state index contributed by atoms with van der Waals surface area (Å²) < 4.78 is 5.25. The lowest BCUT2D eigenvalue weighted by Crippen LogP contribution is -2.46. The van der Waals surface area contributed by atoms with Crippen molar-refractivity contribution in [2.24, 2.45) is 11.1 Å². The lowest BCUT2D eigenvalue weighted by molar-refractivity contribution is -0.127. The van der Waals surface area contributed by atoms with Gasteiger partial charge in [0.1, 0.15) is 0 Å². The molecule has 0 radical (unpaired) electrons. The van der Waals surface area contributed by atoms with E-state index in [0.717, 1.165) is 6.54 Å². The summed E-state index contributed by atoms with van der Waals surface area (Å²) in [5, 5.41) is 5.91. The molecule has 1 fully saturated rings. The van der Waals surface area contributed by atoms with Gasteiger partial charge in [-0.25, -0.2) is 0 Å². The Kier molecular flexibility index (Phi) is 4.89. The number of nitrogens with two attached hydrogens (primary N) is 1. The maximum Gasteiger partial charge on any atom is 0.224 e. The van der Waals surface area contributed by atoms with Gasteiger partial charge in [0.25, 0.3) is 0 Å². The smallest absolute Gasteiger partial charge is 0.224 e. The maximum absolute atomic E-state index is 11.6. The Labute approximate surface area is 101 Å². The van der Waals surface area contributed by atoms with Crippen LogP contribution in [0.5, 0.6) is 0 Å². The van der Waals surface area contributed by atoms with Gasteiger partial charge in [-0.3, -0.25) is 9.59 Å². The zero-order valence-electron chi connectivity index (χ0n) is 10.4. The van der Waals surface area contributed by atoms with Gasteiger partial charge in [-0.2, -0.15) is 0 Å². The van der Waals surface area contributed by atoms with Gasteiger partial charge in [0.15, 0.2) is 0 Å². The Morgan fingerprint density at radius 3 is 2.76 bits per heavy atom. The van der Waals surface area contributed by atoms with Crippen molar-refractivity contribution < 1.29 is 14.3 Å². The number of amides is 2. The van der Waals surface area contributed by atoms with E-state index in [1.165, 1.54) is 0 Å². The summed E-state index contributed by atoms with van der Waals surface area (Å²) in [5.74, 6) is -0.515. The van der Waals surface area contributed by atoms with Crippen LogP contribution in [-0.2, 0) is 14.3 Å². The molecule has 17 heavy (non-hydrogen) atoms. The molecule has 0 aromatic heterocycles. The van der Waals surface area contributed by atoms with E-state index in [9.17, 15) is 9.59 Å². The van der Waals surface area contributed by atoms with E-state index in [2.05, 4.69) is 10.6 Å². The third kappa shape index (κ3) is 4.70. The molecule has 1 unspecified atom stereocenters. The second kappa shape index (κ2) is 5.97. The average Bonchev–Trinajstić information content (AvgIpc) is 2.28. The molecule has 0 spiro atoms. The van der Waals surface area contributed by atoms with Crippen LogP contribution < -0.4 is 16.4 Å². The normalized spacial score (nSPS) is 20.9. The molecular weight excluding hydrogens is 222 g/mol. The first-order valence-electron chi connectivity index (χ1n) is 5.79. The van der Waals surface area contributed by atoms with Gasteiger partial charge in [-0.15, -0.1) is 0 Å². The monoisotopic (exact) mass is 243 g/mol. The molecule has 0 bridgehead atoms. The highest BCUT2D eigenvalue weighted by Gasteiger charge is 2.26. The van der Waals surface area contributed by atoms with Gasteiger partial charge in [0, 0.05) is 25.6 Å². The molecule has 1 aliphatic heterocycles. The Morgan fingerprint density at radius 1 is 1.53 bits per heavy atom. The Bertz CT molecular complexity index is 286. The predicted octanol–water partition coefficient (Wildman–Crippen LogP) is -1.01. The van der Waals surface area contributed by atoms with Crippen LogP contribution in [-0.4, -0.2) is 44.2 Å². The van der Waals surface area contributed by atoms with Crippen molar-refractivity contribution in [3.8, 4) is 0 Å². The highest BCUT2D eigenvalue weighted by Crippen LogP contribution is 2.11. The lowest BCUT2D eigenvalue weighted by atomic mass is 9.92. The molecule has 0 saturated carbocycles. The van der Waals surface area contributed by atoms with Crippen LogP contribution in [0.25, 0.3) is 0 Å². The van der Waals surface area contributed by atoms with Crippen LogP contribution in [0, 0.1) is 5.41 Å². The van der Waals surface area contributed by atoms with E-state index < -0.39 is 11.3 Å². The molecule has 1 aliphatic rings. The molecular formula is C11H21N3O3. The van der Waals surface area contributed by atoms with Gasteiger partial charge in [0.2, 0.25) is 11.8 Å². The molecule has 1 saturated heterocycles. The van der Waals surface area contributed by atoms with Crippen LogP contribution in [0.1, 0.15) is 20.3 Å². The fourth-order valence-corrected chi connectivity index (χ4v) is 1.45. The molecule has 6 nitrogen and oxygen atoms in total. The number of morpholine rings is 1. The highest BCUT2D eigenvalue weighted by molar-refractivity contribution is 5.82. The second-order valence-corrected chi connectivity index (χ2v) is 4.95. The summed E-state index contributed by atoms with van der Waals surface area (Å²) >= 11 is 0. The summed E-state index contributed by atoms with van der Waals surface area (Å²) in [6.07, 6.45) is 0.356. The molecule has 1 rings (SSSR count). The fraction of sp³-hybridized carbons (Fsp3) is 0.818. The van der Waals surface area contributed by atoms with E-state index in [0.29, 0.717) is 19.6 Å². The van der Waals surface area contributed by atoms with Crippen LogP contribution in [0.4, 0.5) is 0 Å². The van der Waals surface area contributed by atoms with Crippen molar-refractivity contribution in [2.75, 3.05) is 26.3 Å². The number of hydrogen-bond acceptors (Lipinski definition) is 4. The zero-order chi connectivity index (χ0) is 12.9. The highest BCUT2D eigenvalue weighted by atomic mass is 16.5. The van der Waals surface area contributed by atoms with Gasteiger partial charge < -0.3 is 21.1 Å². The third-order valence-electron chi connectivity index (χ3n) is 2.82. The Balaban J connectivity index is 2.27. The summed E-state index contributed by atoms with van der Waals surface area (Å²) in [4.78, 5) is 22.7. The number of hydrogen-bond donors (Lipinski definition) is 3. The van der Waals surface area contributed by atoms with Crippen LogP contribution in [0.2, 0.25) is 0 Å². The number of carbonyl (C=O) groups is 2. The van der Waals surface area contributed by atoms with Gasteiger partial charge >= 0.3 is 0 Å². The second-order valence-electron chi connectivity index (χ2n) is 4.95. The first-order valence-corrected chi connectivity index (χ1v) is 5.79. The predicted molar refractivity (Wildman–Crippen MR) is 63.2 cm³/mol. The molecule has 1 atom stereocenters. The van der Waals surface area contributed by atoms with Crippen molar-refractivity contribution >= 4 is 11.8 Å². The zero-order valence-corrected chi connectivity index (χ0v) is 10.4. The SMILES string of the molecule is CC(C)(CNC(=O)CC1COCCN1)C(N)=O. The number of ether oxygens (including phenoxy) is 1. The quantitative estimate of drug-likeness (QED) is 0.577. The number of primary amides is 1. The van der Waals surface area contributed by atoms with E-state index in [4.69, 9.17) is 10.5 Å². The number of carbonyl (C=O) groups excluding carboxylic acids is 2. The van der Waals surface area contributed by atoms with Crippen molar-refractivity contribution in [3.05, 3.63) is 0 Å². The molecule has 0 aliphatic carbocycles.